The molecule has 0 saturated heterocycles. The minimum atomic E-state index is -1.16. The van der Waals surface area contributed by atoms with Gasteiger partial charge in [-0.2, -0.15) is 4.98 Å². The number of rotatable bonds is 8. The zero-order valence-electron chi connectivity index (χ0n) is 17.4. The molecule has 5 rings (SSSR count). The van der Waals surface area contributed by atoms with Crippen molar-refractivity contribution >= 4 is 34.2 Å². The van der Waals surface area contributed by atoms with Gasteiger partial charge in [0.1, 0.15) is 11.0 Å². The molecule has 162 valence electrons. The van der Waals surface area contributed by atoms with Crippen molar-refractivity contribution in [2.24, 2.45) is 5.92 Å². The number of aromatic nitrogens is 3. The Kier molecular flexibility index (Phi) is 5.68. The molecule has 2 heterocycles. The van der Waals surface area contributed by atoms with E-state index < -0.39 is 11.0 Å². The fourth-order valence-electron chi connectivity index (χ4n) is 3.48. The molecule has 0 aliphatic heterocycles. The highest BCUT2D eigenvalue weighted by Crippen LogP contribution is 2.30. The van der Waals surface area contributed by atoms with E-state index >= 15 is 0 Å². The third-order valence-electron chi connectivity index (χ3n) is 5.37. The van der Waals surface area contributed by atoms with E-state index in [9.17, 15) is 9.00 Å². The average molecular weight is 446 g/mol. The number of hydrogen-bond acceptors (Lipinski definition) is 4. The number of hydrogen-bond donors (Lipinski definition) is 2. The van der Waals surface area contributed by atoms with Crippen molar-refractivity contribution in [3.05, 3.63) is 78.4 Å². The fraction of sp³-hybridized carbons (Fsp3) is 0.208. The van der Waals surface area contributed by atoms with E-state index in [0.29, 0.717) is 17.3 Å². The largest absolute Gasteiger partial charge is 0.305 e. The first-order valence-corrected chi connectivity index (χ1v) is 11.9. The van der Waals surface area contributed by atoms with E-state index in [1.54, 1.807) is 4.52 Å². The predicted molar refractivity (Wildman–Crippen MR) is 127 cm³/mol. The van der Waals surface area contributed by atoms with Crippen molar-refractivity contribution in [2.45, 2.75) is 19.3 Å². The van der Waals surface area contributed by atoms with Crippen LogP contribution >= 0.6 is 0 Å². The number of pyridine rings is 1. The van der Waals surface area contributed by atoms with Crippen LogP contribution in [0.3, 0.4) is 0 Å². The van der Waals surface area contributed by atoms with E-state index in [-0.39, 0.29) is 11.8 Å². The van der Waals surface area contributed by atoms with Gasteiger partial charge < -0.3 is 4.72 Å². The van der Waals surface area contributed by atoms with Gasteiger partial charge in [-0.3, -0.25) is 10.1 Å². The molecule has 1 saturated carbocycles. The number of carbonyl (C=O) groups is 1. The Morgan fingerprint density at radius 2 is 1.78 bits per heavy atom. The third kappa shape index (κ3) is 4.70. The third-order valence-corrected chi connectivity index (χ3v) is 6.41. The molecular formula is C24H23N5O2S. The number of anilines is 2. The second-order valence-corrected chi connectivity index (χ2v) is 9.15. The molecule has 0 spiro atoms. The number of fused-ring (bicyclic) bond motifs is 1. The Labute approximate surface area is 188 Å². The maximum absolute atomic E-state index is 12.4. The summed E-state index contributed by atoms with van der Waals surface area (Å²) < 4.78 is 17.2. The normalized spacial score (nSPS) is 14.2. The second-order valence-electron chi connectivity index (χ2n) is 7.84. The van der Waals surface area contributed by atoms with E-state index in [2.05, 4.69) is 20.1 Å². The number of nitrogens with one attached hydrogen (secondary N) is 2. The van der Waals surface area contributed by atoms with Crippen LogP contribution in [0.1, 0.15) is 18.4 Å². The molecule has 1 aliphatic carbocycles. The Morgan fingerprint density at radius 3 is 2.53 bits per heavy atom. The SMILES string of the molecule is O=C(Nc1nc2cccc(-c3ccc(NS(=O)CCc4ccccc4)cc3)n2n1)C1CC1. The van der Waals surface area contributed by atoms with Crippen molar-refractivity contribution in [1.29, 1.82) is 0 Å². The Balaban J connectivity index is 1.27. The Hall–Kier alpha value is -3.52. The summed E-state index contributed by atoms with van der Waals surface area (Å²) in [4.78, 5) is 16.4. The molecule has 1 atom stereocenters. The highest BCUT2D eigenvalue weighted by Gasteiger charge is 2.30. The number of benzene rings is 2. The number of aryl methyl sites for hydroxylation is 1. The van der Waals surface area contributed by atoms with Crippen LogP contribution in [0.4, 0.5) is 11.6 Å². The lowest BCUT2D eigenvalue weighted by atomic mass is 10.1. The summed E-state index contributed by atoms with van der Waals surface area (Å²) in [6.45, 7) is 0. The van der Waals surface area contributed by atoms with Gasteiger partial charge in [0.15, 0.2) is 5.65 Å². The number of carbonyl (C=O) groups excluding carboxylic acids is 1. The van der Waals surface area contributed by atoms with Gasteiger partial charge in [-0.25, -0.2) is 8.72 Å². The first-order chi connectivity index (χ1) is 15.7. The van der Waals surface area contributed by atoms with Crippen LogP contribution < -0.4 is 10.0 Å². The first kappa shape index (κ1) is 20.4. The molecule has 1 unspecified atom stereocenters. The second kappa shape index (κ2) is 8.92. The first-order valence-electron chi connectivity index (χ1n) is 10.6. The summed E-state index contributed by atoms with van der Waals surface area (Å²) in [7, 11) is -1.16. The molecule has 4 aromatic rings. The highest BCUT2D eigenvalue weighted by atomic mass is 32.2. The summed E-state index contributed by atoms with van der Waals surface area (Å²) in [5.74, 6) is 0.943. The molecular weight excluding hydrogens is 422 g/mol. The summed E-state index contributed by atoms with van der Waals surface area (Å²) >= 11 is 0. The summed E-state index contributed by atoms with van der Waals surface area (Å²) in [5.41, 5.74) is 4.44. The molecule has 8 heteroatoms. The summed E-state index contributed by atoms with van der Waals surface area (Å²) in [6, 6.07) is 23.5. The van der Waals surface area contributed by atoms with Gasteiger partial charge in [0, 0.05) is 22.9 Å². The lowest BCUT2D eigenvalue weighted by molar-refractivity contribution is -0.117. The van der Waals surface area contributed by atoms with Gasteiger partial charge in [-0.05, 0) is 49.1 Å². The van der Waals surface area contributed by atoms with Gasteiger partial charge in [0.2, 0.25) is 11.9 Å². The van der Waals surface area contributed by atoms with Crippen LogP contribution in [0.2, 0.25) is 0 Å². The van der Waals surface area contributed by atoms with Crippen molar-refractivity contribution in [2.75, 3.05) is 15.8 Å². The van der Waals surface area contributed by atoms with Crippen LogP contribution in [-0.2, 0) is 22.2 Å². The van der Waals surface area contributed by atoms with Crippen LogP contribution in [0, 0.1) is 5.92 Å². The Morgan fingerprint density at radius 1 is 1.00 bits per heavy atom. The van der Waals surface area contributed by atoms with Gasteiger partial charge >= 0.3 is 0 Å². The van der Waals surface area contributed by atoms with Crippen molar-refractivity contribution < 1.29 is 9.00 Å². The number of amides is 1. The summed E-state index contributed by atoms with van der Waals surface area (Å²) in [5, 5.41) is 7.27. The van der Waals surface area contributed by atoms with E-state index in [1.165, 1.54) is 5.56 Å². The molecule has 2 aromatic carbocycles. The van der Waals surface area contributed by atoms with Crippen molar-refractivity contribution in [1.82, 2.24) is 14.6 Å². The minimum absolute atomic E-state index is 0.0156. The lowest BCUT2D eigenvalue weighted by Gasteiger charge is -2.08. The van der Waals surface area contributed by atoms with E-state index in [4.69, 9.17) is 0 Å². The van der Waals surface area contributed by atoms with Crippen LogP contribution in [0.5, 0.6) is 0 Å². The van der Waals surface area contributed by atoms with Gasteiger partial charge in [-0.15, -0.1) is 5.10 Å². The van der Waals surface area contributed by atoms with Crippen molar-refractivity contribution in [3.63, 3.8) is 0 Å². The maximum Gasteiger partial charge on any atom is 0.249 e. The molecule has 0 bridgehead atoms. The molecule has 1 aliphatic rings. The van der Waals surface area contributed by atoms with E-state index in [0.717, 1.165) is 36.2 Å². The molecule has 7 nitrogen and oxygen atoms in total. The Bertz CT molecular complexity index is 1270. The predicted octanol–water partition coefficient (Wildman–Crippen LogP) is 4.06. The fourth-order valence-corrected chi connectivity index (χ4v) is 4.40. The zero-order chi connectivity index (χ0) is 21.9. The number of nitrogens with zero attached hydrogens (tertiary/aromatic N) is 3. The van der Waals surface area contributed by atoms with Crippen molar-refractivity contribution in [3.8, 4) is 11.3 Å². The van der Waals surface area contributed by atoms with E-state index in [1.807, 2.05) is 72.8 Å². The van der Waals surface area contributed by atoms with Gasteiger partial charge in [0.25, 0.3) is 0 Å². The lowest BCUT2D eigenvalue weighted by Crippen LogP contribution is -2.14. The summed E-state index contributed by atoms with van der Waals surface area (Å²) in [6.07, 6.45) is 2.62. The quantitative estimate of drug-likeness (QED) is 0.428. The highest BCUT2D eigenvalue weighted by molar-refractivity contribution is 7.86. The van der Waals surface area contributed by atoms with Gasteiger partial charge in [0.05, 0.1) is 5.69 Å². The standard InChI is InChI=1S/C24H23N5O2S/c30-23(19-9-10-19)26-24-25-22-8-4-7-21(29(22)27-24)18-11-13-20(14-12-18)28-32(31)16-15-17-5-2-1-3-6-17/h1-8,11-14,19,28H,9-10,15-16H2,(H,26,27,30). The zero-order valence-corrected chi connectivity index (χ0v) is 18.2. The monoisotopic (exact) mass is 445 g/mol. The van der Waals surface area contributed by atoms with Crippen LogP contribution in [0.25, 0.3) is 16.9 Å². The molecule has 1 fully saturated rings. The topological polar surface area (TPSA) is 88.4 Å². The maximum atomic E-state index is 12.4. The van der Waals surface area contributed by atoms with Crippen LogP contribution in [-0.4, -0.2) is 30.5 Å². The van der Waals surface area contributed by atoms with Gasteiger partial charge in [-0.1, -0.05) is 48.5 Å². The minimum Gasteiger partial charge on any atom is -0.305 e. The molecule has 2 N–H and O–H groups in total. The smallest absolute Gasteiger partial charge is 0.249 e. The molecule has 0 radical (unpaired) electrons. The van der Waals surface area contributed by atoms with Crippen LogP contribution in [0.15, 0.2) is 72.8 Å². The average Bonchev–Trinajstić information content (AvgIpc) is 3.59. The molecule has 1 amide bonds. The molecule has 2 aromatic heterocycles. The molecule has 32 heavy (non-hydrogen) atoms.